The highest BCUT2D eigenvalue weighted by molar-refractivity contribution is 5.95. The van der Waals surface area contributed by atoms with Crippen molar-refractivity contribution in [2.75, 3.05) is 33.9 Å². The molecule has 0 radical (unpaired) electrons. The van der Waals surface area contributed by atoms with Crippen molar-refractivity contribution < 1.29 is 23.8 Å². The number of carbonyl (C=O) groups is 2. The zero-order valence-corrected chi connectivity index (χ0v) is 16.7. The molecular weight excluding hydrogens is 372 g/mol. The fraction of sp³-hybridized carbons (Fsp3) is 0.364. The number of hydrogen-bond acceptors (Lipinski definition) is 5. The van der Waals surface area contributed by atoms with Crippen LogP contribution in [0.3, 0.4) is 0 Å². The van der Waals surface area contributed by atoms with Gasteiger partial charge in [-0.3, -0.25) is 9.59 Å². The third kappa shape index (κ3) is 4.99. The summed E-state index contributed by atoms with van der Waals surface area (Å²) < 4.78 is 16.2. The Morgan fingerprint density at radius 1 is 1.07 bits per heavy atom. The van der Waals surface area contributed by atoms with Crippen molar-refractivity contribution in [1.29, 1.82) is 0 Å². The SMILES string of the molecule is COc1ccc(CC2CCN(C(=O)COc3ccccc3C(N)=O)C2)cc1OC. The first-order valence-electron chi connectivity index (χ1n) is 9.52. The van der Waals surface area contributed by atoms with Crippen LogP contribution in [0.15, 0.2) is 42.5 Å². The standard InChI is InChI=1S/C22H26N2O5/c1-27-19-8-7-15(12-20(19)28-2)11-16-9-10-24(13-16)21(25)14-29-18-6-4-3-5-17(18)22(23)26/h3-8,12,16H,9-11,13-14H2,1-2H3,(H2,23,26). The summed E-state index contributed by atoms with van der Waals surface area (Å²) in [5.74, 6) is 1.43. The van der Waals surface area contributed by atoms with Crippen LogP contribution in [0.1, 0.15) is 22.3 Å². The van der Waals surface area contributed by atoms with Crippen LogP contribution in [0, 0.1) is 5.92 Å². The first-order valence-corrected chi connectivity index (χ1v) is 9.52. The van der Waals surface area contributed by atoms with Crippen molar-refractivity contribution in [3.63, 3.8) is 0 Å². The van der Waals surface area contributed by atoms with Crippen molar-refractivity contribution in [2.45, 2.75) is 12.8 Å². The number of hydrogen-bond donors (Lipinski definition) is 1. The Morgan fingerprint density at radius 3 is 2.55 bits per heavy atom. The zero-order valence-electron chi connectivity index (χ0n) is 16.7. The molecule has 0 bridgehead atoms. The summed E-state index contributed by atoms with van der Waals surface area (Å²) in [7, 11) is 3.23. The molecule has 2 aromatic carbocycles. The van der Waals surface area contributed by atoms with E-state index in [1.165, 1.54) is 0 Å². The van der Waals surface area contributed by atoms with Gasteiger partial charge in [0.2, 0.25) is 0 Å². The Bertz CT molecular complexity index is 883. The number of primary amides is 1. The first-order chi connectivity index (χ1) is 14.0. The average Bonchev–Trinajstić information content (AvgIpc) is 3.20. The number of nitrogens with two attached hydrogens (primary N) is 1. The monoisotopic (exact) mass is 398 g/mol. The number of para-hydroxylation sites is 1. The Balaban J connectivity index is 1.54. The second kappa shape index (κ2) is 9.32. The van der Waals surface area contributed by atoms with Crippen molar-refractivity contribution in [3.05, 3.63) is 53.6 Å². The molecule has 1 fully saturated rings. The minimum atomic E-state index is -0.579. The molecule has 1 atom stereocenters. The van der Waals surface area contributed by atoms with E-state index in [9.17, 15) is 9.59 Å². The molecule has 0 saturated carbocycles. The van der Waals surface area contributed by atoms with Gasteiger partial charge in [0.1, 0.15) is 5.75 Å². The second-order valence-electron chi connectivity index (χ2n) is 7.04. The van der Waals surface area contributed by atoms with Gasteiger partial charge < -0.3 is 24.8 Å². The van der Waals surface area contributed by atoms with Crippen LogP contribution in [-0.4, -0.2) is 50.6 Å². The highest BCUT2D eigenvalue weighted by Gasteiger charge is 2.27. The van der Waals surface area contributed by atoms with Crippen molar-refractivity contribution in [1.82, 2.24) is 4.90 Å². The Labute approximate surface area is 170 Å². The van der Waals surface area contributed by atoms with E-state index in [0.717, 1.165) is 18.4 Å². The lowest BCUT2D eigenvalue weighted by molar-refractivity contribution is -0.132. The first kappa shape index (κ1) is 20.5. The van der Waals surface area contributed by atoms with Gasteiger partial charge in [-0.05, 0) is 48.6 Å². The normalized spacial score (nSPS) is 15.8. The topological polar surface area (TPSA) is 91.1 Å². The Kier molecular flexibility index (Phi) is 6.59. The number of benzene rings is 2. The van der Waals surface area contributed by atoms with Gasteiger partial charge >= 0.3 is 0 Å². The smallest absolute Gasteiger partial charge is 0.260 e. The number of nitrogens with zero attached hydrogens (tertiary/aromatic N) is 1. The summed E-state index contributed by atoms with van der Waals surface area (Å²) in [6.07, 6.45) is 1.79. The van der Waals surface area contributed by atoms with Crippen LogP contribution in [0.5, 0.6) is 17.2 Å². The van der Waals surface area contributed by atoms with Crippen LogP contribution < -0.4 is 19.9 Å². The third-order valence-corrected chi connectivity index (χ3v) is 5.11. The van der Waals surface area contributed by atoms with Crippen LogP contribution in [0.4, 0.5) is 0 Å². The fourth-order valence-corrected chi connectivity index (χ4v) is 3.59. The zero-order chi connectivity index (χ0) is 20.8. The average molecular weight is 398 g/mol. The number of amides is 2. The number of likely N-dealkylation sites (tertiary alicyclic amines) is 1. The van der Waals surface area contributed by atoms with Crippen molar-refractivity contribution in [2.24, 2.45) is 11.7 Å². The van der Waals surface area contributed by atoms with Crippen LogP contribution in [0.2, 0.25) is 0 Å². The number of ether oxygens (including phenoxy) is 3. The molecule has 1 saturated heterocycles. The van der Waals surface area contributed by atoms with E-state index in [1.54, 1.807) is 43.4 Å². The van der Waals surface area contributed by atoms with Gasteiger partial charge in [-0.1, -0.05) is 18.2 Å². The highest BCUT2D eigenvalue weighted by atomic mass is 16.5. The van der Waals surface area contributed by atoms with Gasteiger partial charge in [-0.2, -0.15) is 0 Å². The van der Waals surface area contributed by atoms with E-state index in [-0.39, 0.29) is 18.1 Å². The minimum absolute atomic E-state index is 0.0981. The molecular formula is C22H26N2O5. The van der Waals surface area contributed by atoms with E-state index in [0.29, 0.717) is 36.3 Å². The number of methoxy groups -OCH3 is 2. The molecule has 1 heterocycles. The molecule has 1 unspecified atom stereocenters. The molecule has 0 aliphatic carbocycles. The van der Waals surface area contributed by atoms with Gasteiger partial charge in [0, 0.05) is 13.1 Å². The Morgan fingerprint density at radius 2 is 1.83 bits per heavy atom. The molecule has 2 N–H and O–H groups in total. The van der Waals surface area contributed by atoms with Gasteiger partial charge in [-0.25, -0.2) is 0 Å². The van der Waals surface area contributed by atoms with Gasteiger partial charge in [0.05, 0.1) is 19.8 Å². The lowest BCUT2D eigenvalue weighted by atomic mass is 9.98. The highest BCUT2D eigenvalue weighted by Crippen LogP contribution is 2.30. The largest absolute Gasteiger partial charge is 0.493 e. The van der Waals surface area contributed by atoms with Gasteiger partial charge in [0.15, 0.2) is 18.1 Å². The summed E-state index contributed by atoms with van der Waals surface area (Å²) in [5, 5.41) is 0. The van der Waals surface area contributed by atoms with Crippen LogP contribution in [0.25, 0.3) is 0 Å². The molecule has 1 aliphatic rings. The third-order valence-electron chi connectivity index (χ3n) is 5.11. The maximum absolute atomic E-state index is 12.5. The van der Waals surface area contributed by atoms with Crippen LogP contribution in [-0.2, 0) is 11.2 Å². The van der Waals surface area contributed by atoms with Gasteiger partial charge in [0.25, 0.3) is 11.8 Å². The summed E-state index contributed by atoms with van der Waals surface area (Å²) in [6.45, 7) is 1.25. The molecule has 154 valence electrons. The molecule has 0 aromatic heterocycles. The Hall–Kier alpha value is -3.22. The van der Waals surface area contributed by atoms with E-state index >= 15 is 0 Å². The predicted octanol–water partition coefficient (Wildman–Crippen LogP) is 2.27. The second-order valence-corrected chi connectivity index (χ2v) is 7.04. The van der Waals surface area contributed by atoms with E-state index in [1.807, 2.05) is 18.2 Å². The van der Waals surface area contributed by atoms with Crippen LogP contribution >= 0.6 is 0 Å². The quantitative estimate of drug-likeness (QED) is 0.737. The number of carbonyl (C=O) groups excluding carboxylic acids is 2. The van der Waals surface area contributed by atoms with Crippen molar-refractivity contribution >= 4 is 11.8 Å². The fourth-order valence-electron chi connectivity index (χ4n) is 3.59. The molecule has 29 heavy (non-hydrogen) atoms. The lowest BCUT2D eigenvalue weighted by Crippen LogP contribution is -2.33. The van der Waals surface area contributed by atoms with Crippen molar-refractivity contribution in [3.8, 4) is 17.2 Å². The van der Waals surface area contributed by atoms with E-state index in [4.69, 9.17) is 19.9 Å². The van der Waals surface area contributed by atoms with Gasteiger partial charge in [-0.15, -0.1) is 0 Å². The minimum Gasteiger partial charge on any atom is -0.493 e. The maximum atomic E-state index is 12.5. The van der Waals surface area contributed by atoms with E-state index < -0.39 is 5.91 Å². The molecule has 2 aromatic rings. The molecule has 0 spiro atoms. The van der Waals surface area contributed by atoms with E-state index in [2.05, 4.69) is 0 Å². The summed E-state index contributed by atoms with van der Waals surface area (Å²) in [5.41, 5.74) is 6.76. The molecule has 3 rings (SSSR count). The maximum Gasteiger partial charge on any atom is 0.260 e. The predicted molar refractivity (Wildman–Crippen MR) is 108 cm³/mol. The molecule has 2 amide bonds. The lowest BCUT2D eigenvalue weighted by Gasteiger charge is -2.18. The summed E-state index contributed by atoms with van der Waals surface area (Å²) >= 11 is 0. The summed E-state index contributed by atoms with van der Waals surface area (Å²) in [6, 6.07) is 12.6. The molecule has 1 aliphatic heterocycles. The molecule has 7 nitrogen and oxygen atoms in total. The molecule has 7 heteroatoms. The number of rotatable bonds is 8. The summed E-state index contributed by atoms with van der Waals surface area (Å²) in [4.78, 5) is 25.8.